The number of carbonyl (C=O) groups excluding carboxylic acids is 5. The van der Waals surface area contributed by atoms with Crippen molar-refractivity contribution in [1.82, 2.24) is 20.6 Å². The van der Waals surface area contributed by atoms with Crippen molar-refractivity contribution in [2.45, 2.75) is 64.2 Å². The van der Waals surface area contributed by atoms with Crippen molar-refractivity contribution in [3.63, 3.8) is 0 Å². The lowest BCUT2D eigenvalue weighted by atomic mass is 10.1. The van der Waals surface area contributed by atoms with Crippen LogP contribution < -0.4 is 10.6 Å². The van der Waals surface area contributed by atoms with Crippen molar-refractivity contribution in [2.75, 3.05) is 26.2 Å². The molecule has 162 valence electrons. The molecule has 2 rings (SSSR count). The molecular weight excluding hydrogens is 389 g/mol. The van der Waals surface area contributed by atoms with Crippen molar-refractivity contribution in [3.8, 4) is 0 Å². The number of rotatable bonds is 11. The first kappa shape index (κ1) is 16.3. The molecule has 1 atom stereocenters. The summed E-state index contributed by atoms with van der Waals surface area (Å²) in [7, 11) is 0. The van der Waals surface area contributed by atoms with Gasteiger partial charge in [0.1, 0.15) is 0 Å². The highest BCUT2D eigenvalue weighted by molar-refractivity contribution is 6.01. The minimum atomic E-state index is -2.74. The van der Waals surface area contributed by atoms with Gasteiger partial charge >= 0.3 is 5.97 Å². The molecule has 1 unspecified atom stereocenters. The lowest BCUT2D eigenvalue weighted by Gasteiger charge is -2.23. The molecular formula is C19H30N4O6. The molecule has 2 saturated heterocycles. The van der Waals surface area contributed by atoms with Crippen LogP contribution in [0.5, 0.6) is 0 Å². The summed E-state index contributed by atoms with van der Waals surface area (Å²) in [5.74, 6) is -2.80. The van der Waals surface area contributed by atoms with Gasteiger partial charge in [-0.1, -0.05) is 13.2 Å². The molecule has 0 saturated carbocycles. The molecule has 0 aromatic carbocycles. The van der Waals surface area contributed by atoms with E-state index in [1.54, 1.807) is 4.90 Å². The van der Waals surface area contributed by atoms with Gasteiger partial charge in [-0.3, -0.25) is 24.1 Å². The first-order valence-electron chi connectivity index (χ1n) is 12.1. The van der Waals surface area contributed by atoms with Crippen LogP contribution in [0.3, 0.4) is 0 Å². The highest BCUT2D eigenvalue weighted by atomic mass is 16.8. The van der Waals surface area contributed by atoms with Gasteiger partial charge in [0.05, 0.1) is 13.0 Å². The maximum Gasteiger partial charge on any atom is 0.334 e. The zero-order valence-corrected chi connectivity index (χ0v) is 16.2. The van der Waals surface area contributed by atoms with Crippen molar-refractivity contribution in [3.05, 3.63) is 0 Å². The Morgan fingerprint density at radius 1 is 1.14 bits per heavy atom. The van der Waals surface area contributed by atoms with Crippen molar-refractivity contribution in [2.24, 2.45) is 0 Å². The summed E-state index contributed by atoms with van der Waals surface area (Å²) in [5.41, 5.74) is 0. The van der Waals surface area contributed by atoms with Gasteiger partial charge in [0.2, 0.25) is 11.8 Å². The van der Waals surface area contributed by atoms with E-state index in [-0.39, 0.29) is 63.7 Å². The van der Waals surface area contributed by atoms with Crippen molar-refractivity contribution >= 4 is 29.6 Å². The first-order chi connectivity index (χ1) is 15.8. The number of amides is 4. The summed E-state index contributed by atoms with van der Waals surface area (Å²) in [6, 6.07) is -0.352. The smallest absolute Gasteiger partial charge is 0.334 e. The number of hydroxylamine groups is 2. The van der Waals surface area contributed by atoms with Gasteiger partial charge in [0, 0.05) is 45.2 Å². The molecule has 0 aromatic rings. The molecule has 0 spiro atoms. The summed E-state index contributed by atoms with van der Waals surface area (Å²) in [6.07, 6.45) is -1.50. The monoisotopic (exact) mass is 424 g/mol. The summed E-state index contributed by atoms with van der Waals surface area (Å²) >= 11 is 0. The Morgan fingerprint density at radius 2 is 1.83 bits per heavy atom. The van der Waals surface area contributed by atoms with E-state index in [0.717, 1.165) is 6.42 Å². The van der Waals surface area contributed by atoms with Crippen LogP contribution in [0.15, 0.2) is 0 Å². The molecule has 10 nitrogen and oxygen atoms in total. The number of likely N-dealkylation sites (tertiary alicyclic amines) is 1. The fourth-order valence-corrected chi connectivity index (χ4v) is 3.21. The number of nitrogens with zero attached hydrogens (tertiary/aromatic N) is 2. The Morgan fingerprint density at radius 3 is 2.55 bits per heavy atom. The van der Waals surface area contributed by atoms with Crippen LogP contribution in [0, 0.1) is 0 Å². The van der Waals surface area contributed by atoms with E-state index in [2.05, 4.69) is 15.5 Å². The van der Waals surface area contributed by atoms with E-state index in [4.69, 9.17) is 6.85 Å². The predicted octanol–water partition coefficient (Wildman–Crippen LogP) is -0.129. The topological polar surface area (TPSA) is 125 Å². The second-order valence-electron chi connectivity index (χ2n) is 6.89. The van der Waals surface area contributed by atoms with Crippen LogP contribution in [0.1, 0.15) is 65.0 Å². The van der Waals surface area contributed by atoms with Gasteiger partial charge in [0.15, 0.2) is 0 Å². The molecule has 0 bridgehead atoms. The largest absolute Gasteiger partial charge is 0.355 e. The minimum Gasteiger partial charge on any atom is -0.355 e. The van der Waals surface area contributed by atoms with Gasteiger partial charge in [-0.2, -0.15) is 0 Å². The van der Waals surface area contributed by atoms with Gasteiger partial charge < -0.3 is 15.5 Å². The molecule has 4 amide bonds. The third kappa shape index (κ3) is 7.45. The van der Waals surface area contributed by atoms with E-state index in [1.807, 2.05) is 0 Å². The maximum atomic E-state index is 12.2. The molecule has 10 heteroatoms. The minimum absolute atomic E-state index is 0.00947. The third-order valence-electron chi connectivity index (χ3n) is 4.71. The second-order valence-corrected chi connectivity index (χ2v) is 6.89. The van der Waals surface area contributed by atoms with Gasteiger partial charge in [-0.25, -0.2) is 4.79 Å². The molecule has 2 fully saturated rings. The lowest BCUT2D eigenvalue weighted by molar-refractivity contribution is -0.197. The van der Waals surface area contributed by atoms with Crippen LogP contribution in [-0.4, -0.2) is 71.8 Å². The van der Waals surface area contributed by atoms with Gasteiger partial charge in [-0.05, 0) is 25.8 Å². The molecule has 2 heterocycles. The first-order valence-corrected chi connectivity index (χ1v) is 9.64. The predicted molar refractivity (Wildman–Crippen MR) is 102 cm³/mol. The lowest BCUT2D eigenvalue weighted by Crippen LogP contribution is -2.41. The number of imide groups is 1. The molecule has 0 aromatic heterocycles. The number of carbonyl (C=O) groups is 5. The highest BCUT2D eigenvalue weighted by Crippen LogP contribution is 2.20. The van der Waals surface area contributed by atoms with Crippen molar-refractivity contribution in [1.29, 1.82) is 0 Å². The summed E-state index contributed by atoms with van der Waals surface area (Å²) in [6.45, 7) is -2.23. The number of hydrogen-bond acceptors (Lipinski definition) is 7. The zero-order valence-electron chi connectivity index (χ0n) is 21.2. The van der Waals surface area contributed by atoms with Crippen LogP contribution >= 0.6 is 0 Å². The van der Waals surface area contributed by atoms with Gasteiger partial charge in [-0.15, -0.1) is 5.06 Å². The second kappa shape index (κ2) is 11.5. The highest BCUT2D eigenvalue weighted by Gasteiger charge is 2.32. The quantitative estimate of drug-likeness (QED) is 0.269. The Kier molecular flexibility index (Phi) is 6.47. The molecule has 0 radical (unpaired) electrons. The van der Waals surface area contributed by atoms with Crippen LogP contribution in [0.2, 0.25) is 0 Å². The van der Waals surface area contributed by atoms with E-state index in [0.29, 0.717) is 18.0 Å². The normalized spacial score (nSPS) is 23.0. The summed E-state index contributed by atoms with van der Waals surface area (Å²) in [4.78, 5) is 64.9. The fraction of sp³-hybridized carbons (Fsp3) is 0.737. The average molecular weight is 424 g/mol. The van der Waals surface area contributed by atoms with E-state index in [9.17, 15) is 24.0 Å². The Bertz CT molecular complexity index is 791. The number of nitrogens with one attached hydrogen (secondary N) is 2. The Balaban J connectivity index is 1.62. The van der Waals surface area contributed by atoms with E-state index >= 15 is 0 Å². The third-order valence-corrected chi connectivity index (χ3v) is 4.71. The molecule has 2 aliphatic rings. The zero-order chi connectivity index (χ0) is 25.5. The molecule has 2 N–H and O–H groups in total. The fourth-order valence-electron chi connectivity index (χ4n) is 3.21. The van der Waals surface area contributed by atoms with Crippen LogP contribution in [0.25, 0.3) is 0 Å². The Labute approximate surface area is 177 Å². The standard InChI is InChI=1S/C19H30N4O6/c1-2-4-14-5-3-12-22(14)13-16(25)21-10-8-15(24)20-11-9-19(28)29-23-17(26)6-7-18(23)27/h14H,2-13H2,1H3,(H,20,24)(H,21,25)/i1D3,2D2,8+1,9+1,10+1,11+1,15+1,16+1,19+1,20+1,21+1. The maximum absolute atomic E-state index is 12.2. The van der Waals surface area contributed by atoms with E-state index in [1.165, 1.54) is 0 Å². The molecule has 29 heavy (non-hydrogen) atoms. The summed E-state index contributed by atoms with van der Waals surface area (Å²) < 4.78 is 37.6. The van der Waals surface area contributed by atoms with Crippen molar-refractivity contribution < 1.29 is 35.7 Å². The van der Waals surface area contributed by atoms with E-state index < -0.39 is 36.9 Å². The SMILES string of the molecule is [2H]C([2H])([2H])C([2H])([2H])CC1CCCN1C[13C](=O)[15NH][13CH2][13CH2][13C](=O)[15NH][13CH2][13CH2][13C](=O)ON1C(=O)CCC1=O. The summed E-state index contributed by atoms with van der Waals surface area (Å²) in [5, 5.41) is 5.49. The number of hydrogen-bond donors (Lipinski definition) is 2. The van der Waals surface area contributed by atoms with Crippen LogP contribution in [-0.2, 0) is 28.8 Å². The van der Waals surface area contributed by atoms with Gasteiger partial charge in [0.25, 0.3) is 11.8 Å². The van der Waals surface area contributed by atoms with Crippen LogP contribution in [0.4, 0.5) is 0 Å². The molecule has 2 aliphatic heterocycles. The molecule has 0 aliphatic carbocycles. The Hall–Kier alpha value is -2.49. The average Bonchev–Trinajstić information content (AvgIpc) is 3.27.